The minimum Gasteiger partial charge on any atom is -0.394 e. The lowest BCUT2D eigenvalue weighted by Gasteiger charge is -2.12. The molecule has 1 aliphatic rings. The van der Waals surface area contributed by atoms with Crippen molar-refractivity contribution in [2.75, 3.05) is 6.61 Å². The van der Waals surface area contributed by atoms with Crippen molar-refractivity contribution in [2.24, 2.45) is 0 Å². The van der Waals surface area contributed by atoms with Crippen LogP contribution in [0.4, 0.5) is 0 Å². The van der Waals surface area contributed by atoms with Crippen molar-refractivity contribution in [1.29, 1.82) is 0 Å². The molecule has 0 heterocycles. The Morgan fingerprint density at radius 2 is 2.30 bits per heavy atom. The molecule has 0 aromatic carbocycles. The van der Waals surface area contributed by atoms with Crippen LogP contribution in [-0.4, -0.2) is 23.9 Å². The van der Waals surface area contributed by atoms with Gasteiger partial charge in [-0.3, -0.25) is 0 Å². The Balaban J connectivity index is 2.05. The predicted molar refractivity (Wildman–Crippen MR) is 39.9 cm³/mol. The zero-order valence-electron chi connectivity index (χ0n) is 6.55. The third-order valence-corrected chi connectivity index (χ3v) is 1.72. The number of ether oxygens (including phenoxy) is 1. The molecule has 1 N–H and O–H groups in total. The molecule has 2 heteroatoms. The van der Waals surface area contributed by atoms with E-state index in [1.54, 1.807) is 0 Å². The Morgan fingerprint density at radius 1 is 1.60 bits per heavy atom. The molecule has 1 rings (SSSR count). The number of aliphatic hydroxyl groups excluding tert-OH is 1. The number of rotatable bonds is 5. The highest BCUT2D eigenvalue weighted by molar-refractivity contribution is 4.75. The van der Waals surface area contributed by atoms with E-state index in [-0.39, 0.29) is 12.7 Å². The van der Waals surface area contributed by atoms with Gasteiger partial charge in [-0.05, 0) is 19.3 Å². The molecule has 0 radical (unpaired) electrons. The Morgan fingerprint density at radius 3 is 2.70 bits per heavy atom. The maximum absolute atomic E-state index is 8.81. The molecular formula is C8H16O2. The fourth-order valence-corrected chi connectivity index (χ4v) is 1.00. The van der Waals surface area contributed by atoms with Gasteiger partial charge < -0.3 is 9.84 Å². The first kappa shape index (κ1) is 8.02. The number of hydrogen-bond acceptors (Lipinski definition) is 2. The fraction of sp³-hybridized carbons (Fsp3) is 1.00. The second-order valence-corrected chi connectivity index (χ2v) is 2.93. The zero-order valence-corrected chi connectivity index (χ0v) is 6.55. The van der Waals surface area contributed by atoms with Gasteiger partial charge in [-0.2, -0.15) is 0 Å². The van der Waals surface area contributed by atoms with Crippen molar-refractivity contribution in [1.82, 2.24) is 0 Å². The Hall–Kier alpha value is -0.0800. The molecule has 10 heavy (non-hydrogen) atoms. The minimum atomic E-state index is 0.109. The van der Waals surface area contributed by atoms with Crippen molar-refractivity contribution < 1.29 is 9.84 Å². The highest BCUT2D eigenvalue weighted by atomic mass is 16.5. The van der Waals surface area contributed by atoms with Gasteiger partial charge in [-0.15, -0.1) is 0 Å². The third kappa shape index (κ3) is 2.67. The van der Waals surface area contributed by atoms with Crippen LogP contribution in [0, 0.1) is 0 Å². The fourth-order valence-electron chi connectivity index (χ4n) is 1.00. The topological polar surface area (TPSA) is 29.5 Å². The lowest BCUT2D eigenvalue weighted by atomic mass is 10.2. The van der Waals surface area contributed by atoms with Gasteiger partial charge in [-0.25, -0.2) is 0 Å². The number of aliphatic hydroxyl groups is 1. The summed E-state index contributed by atoms with van der Waals surface area (Å²) in [4.78, 5) is 0. The molecule has 0 saturated heterocycles. The molecule has 0 amide bonds. The quantitative estimate of drug-likeness (QED) is 0.630. The summed E-state index contributed by atoms with van der Waals surface area (Å²) in [7, 11) is 0. The van der Waals surface area contributed by atoms with Crippen LogP contribution in [0.2, 0.25) is 0 Å². The van der Waals surface area contributed by atoms with Crippen LogP contribution in [0.15, 0.2) is 0 Å². The first-order valence-corrected chi connectivity index (χ1v) is 4.13. The smallest absolute Gasteiger partial charge is 0.0809 e. The van der Waals surface area contributed by atoms with Gasteiger partial charge in [-0.1, -0.05) is 13.3 Å². The summed E-state index contributed by atoms with van der Waals surface area (Å²) >= 11 is 0. The monoisotopic (exact) mass is 144 g/mol. The summed E-state index contributed by atoms with van der Waals surface area (Å²) in [5, 5.41) is 8.81. The van der Waals surface area contributed by atoms with Crippen LogP contribution < -0.4 is 0 Å². The van der Waals surface area contributed by atoms with Gasteiger partial charge >= 0.3 is 0 Å². The van der Waals surface area contributed by atoms with Crippen LogP contribution in [-0.2, 0) is 4.74 Å². The van der Waals surface area contributed by atoms with E-state index in [1.807, 2.05) is 0 Å². The molecule has 0 bridgehead atoms. The molecular weight excluding hydrogens is 128 g/mol. The highest BCUT2D eigenvalue weighted by Gasteiger charge is 2.25. The average Bonchev–Trinajstić information content (AvgIpc) is 2.71. The Labute approximate surface area is 62.2 Å². The standard InChI is InChI=1S/C8H16O2/c1-2-3-8(6-9)10-7-4-5-7/h7-9H,2-6H2,1H3. The largest absolute Gasteiger partial charge is 0.394 e. The van der Waals surface area contributed by atoms with Crippen LogP contribution >= 0.6 is 0 Å². The molecule has 1 saturated carbocycles. The van der Waals surface area contributed by atoms with E-state index in [9.17, 15) is 0 Å². The molecule has 60 valence electrons. The molecule has 1 fully saturated rings. The Bertz CT molecular complexity index is 89.3. The van der Waals surface area contributed by atoms with Gasteiger partial charge in [0.15, 0.2) is 0 Å². The summed E-state index contributed by atoms with van der Waals surface area (Å²) < 4.78 is 5.50. The SMILES string of the molecule is CCCC(CO)OC1CC1. The first-order valence-electron chi connectivity index (χ1n) is 4.13. The van der Waals surface area contributed by atoms with E-state index >= 15 is 0 Å². The van der Waals surface area contributed by atoms with Gasteiger partial charge in [0, 0.05) is 0 Å². The first-order chi connectivity index (χ1) is 4.86. The Kier molecular flexibility index (Phi) is 3.16. The van der Waals surface area contributed by atoms with Crippen LogP contribution in [0.3, 0.4) is 0 Å². The van der Waals surface area contributed by atoms with Crippen molar-refractivity contribution in [3.8, 4) is 0 Å². The van der Waals surface area contributed by atoms with Crippen molar-refractivity contribution in [3.05, 3.63) is 0 Å². The van der Waals surface area contributed by atoms with E-state index in [4.69, 9.17) is 9.84 Å². The van der Waals surface area contributed by atoms with Gasteiger partial charge in [0.2, 0.25) is 0 Å². The average molecular weight is 144 g/mol. The summed E-state index contributed by atoms with van der Waals surface area (Å²) in [5.41, 5.74) is 0. The third-order valence-electron chi connectivity index (χ3n) is 1.72. The van der Waals surface area contributed by atoms with Crippen molar-refractivity contribution >= 4 is 0 Å². The van der Waals surface area contributed by atoms with Gasteiger partial charge in [0.1, 0.15) is 0 Å². The summed E-state index contributed by atoms with van der Waals surface area (Å²) in [5.74, 6) is 0. The predicted octanol–water partition coefficient (Wildman–Crippen LogP) is 1.33. The van der Waals surface area contributed by atoms with E-state index in [0.29, 0.717) is 6.10 Å². The maximum Gasteiger partial charge on any atom is 0.0809 e. The van der Waals surface area contributed by atoms with Crippen LogP contribution in [0.5, 0.6) is 0 Å². The highest BCUT2D eigenvalue weighted by Crippen LogP contribution is 2.25. The summed E-state index contributed by atoms with van der Waals surface area (Å²) in [6.07, 6.45) is 5.06. The molecule has 0 spiro atoms. The maximum atomic E-state index is 8.81. The van der Waals surface area contributed by atoms with Crippen molar-refractivity contribution in [2.45, 2.75) is 44.8 Å². The van der Waals surface area contributed by atoms with Gasteiger partial charge in [0.25, 0.3) is 0 Å². The van der Waals surface area contributed by atoms with E-state index < -0.39 is 0 Å². The summed E-state index contributed by atoms with van der Waals surface area (Å²) in [6.45, 7) is 2.29. The van der Waals surface area contributed by atoms with Crippen LogP contribution in [0.25, 0.3) is 0 Å². The van der Waals surface area contributed by atoms with E-state index in [2.05, 4.69) is 6.92 Å². The second kappa shape index (κ2) is 3.94. The normalized spacial score (nSPS) is 21.0. The molecule has 0 aliphatic heterocycles. The molecule has 1 aliphatic carbocycles. The molecule has 1 atom stereocenters. The number of hydrogen-bond donors (Lipinski definition) is 1. The molecule has 2 nitrogen and oxygen atoms in total. The molecule has 0 aromatic heterocycles. The van der Waals surface area contributed by atoms with Crippen molar-refractivity contribution in [3.63, 3.8) is 0 Å². The molecule has 1 unspecified atom stereocenters. The summed E-state index contributed by atoms with van der Waals surface area (Å²) in [6, 6.07) is 0. The van der Waals surface area contributed by atoms with Crippen LogP contribution in [0.1, 0.15) is 32.6 Å². The lowest BCUT2D eigenvalue weighted by molar-refractivity contribution is -0.00272. The second-order valence-electron chi connectivity index (χ2n) is 2.93. The lowest BCUT2D eigenvalue weighted by Crippen LogP contribution is -2.18. The zero-order chi connectivity index (χ0) is 7.40. The molecule has 0 aromatic rings. The van der Waals surface area contributed by atoms with Gasteiger partial charge in [0.05, 0.1) is 18.8 Å². The minimum absolute atomic E-state index is 0.109. The van der Waals surface area contributed by atoms with E-state index in [1.165, 1.54) is 12.8 Å². The van der Waals surface area contributed by atoms with E-state index in [0.717, 1.165) is 12.8 Å².